The average molecular weight is 290 g/mol. The number of fused-ring (bicyclic) bond motifs is 1. The number of rotatable bonds is 3. The summed E-state index contributed by atoms with van der Waals surface area (Å²) in [5.74, 6) is 0.957. The SMILES string of the molecule is N=C(N)n1nc(CCN2CCCCC2)c2c1NCCCC2. The molecule has 1 saturated heterocycles. The Kier molecular flexibility index (Phi) is 4.43. The molecule has 0 aliphatic carbocycles. The largest absolute Gasteiger partial charge is 0.370 e. The van der Waals surface area contributed by atoms with E-state index in [-0.39, 0.29) is 5.96 Å². The van der Waals surface area contributed by atoms with Crippen LogP contribution in [0.4, 0.5) is 5.82 Å². The number of hydrogen-bond donors (Lipinski definition) is 3. The van der Waals surface area contributed by atoms with Crippen LogP contribution in [0.5, 0.6) is 0 Å². The Morgan fingerprint density at radius 1 is 1.19 bits per heavy atom. The van der Waals surface area contributed by atoms with Crippen LogP contribution in [0.2, 0.25) is 0 Å². The van der Waals surface area contributed by atoms with Crippen molar-refractivity contribution in [3.8, 4) is 0 Å². The topological polar surface area (TPSA) is 83.0 Å². The quantitative estimate of drug-likeness (QED) is 0.580. The third-order valence-electron chi connectivity index (χ3n) is 4.55. The fourth-order valence-electron chi connectivity index (χ4n) is 3.40. The Labute approximate surface area is 126 Å². The lowest BCUT2D eigenvalue weighted by Crippen LogP contribution is -2.31. The molecule has 21 heavy (non-hydrogen) atoms. The lowest BCUT2D eigenvalue weighted by molar-refractivity contribution is 0.230. The van der Waals surface area contributed by atoms with Gasteiger partial charge in [-0.1, -0.05) is 6.42 Å². The normalized spacial score (nSPS) is 19.6. The first-order valence-corrected chi connectivity index (χ1v) is 8.17. The monoisotopic (exact) mass is 290 g/mol. The van der Waals surface area contributed by atoms with E-state index in [9.17, 15) is 0 Å². The Bertz CT molecular complexity index is 501. The predicted octanol–water partition coefficient (Wildman–Crippen LogP) is 1.40. The highest BCUT2D eigenvalue weighted by atomic mass is 15.4. The smallest absolute Gasteiger partial charge is 0.215 e. The van der Waals surface area contributed by atoms with E-state index in [1.165, 1.54) is 44.3 Å². The summed E-state index contributed by atoms with van der Waals surface area (Å²) in [6, 6.07) is 0. The zero-order valence-electron chi connectivity index (χ0n) is 12.7. The summed E-state index contributed by atoms with van der Waals surface area (Å²) in [6.07, 6.45) is 8.37. The standard InChI is InChI=1S/C15H26N6/c16-15(17)21-14-12(6-2-3-8-18-14)13(19-21)7-11-20-9-4-1-5-10-20/h18H,1-11H2,(H3,16,17). The molecule has 1 aromatic rings. The third-order valence-corrected chi connectivity index (χ3v) is 4.55. The first kappa shape index (κ1) is 14.4. The molecule has 2 aliphatic heterocycles. The van der Waals surface area contributed by atoms with Crippen molar-refractivity contribution < 1.29 is 0 Å². The van der Waals surface area contributed by atoms with Gasteiger partial charge in [-0.15, -0.1) is 0 Å². The lowest BCUT2D eigenvalue weighted by atomic mass is 10.1. The second-order valence-electron chi connectivity index (χ2n) is 6.11. The van der Waals surface area contributed by atoms with Gasteiger partial charge in [0.25, 0.3) is 0 Å². The number of aromatic nitrogens is 2. The number of nitrogens with two attached hydrogens (primary N) is 1. The lowest BCUT2D eigenvalue weighted by Gasteiger charge is -2.26. The number of nitrogens with one attached hydrogen (secondary N) is 2. The van der Waals surface area contributed by atoms with Crippen molar-refractivity contribution in [2.75, 3.05) is 31.5 Å². The zero-order chi connectivity index (χ0) is 14.7. The molecule has 116 valence electrons. The van der Waals surface area contributed by atoms with Gasteiger partial charge in [-0.05, 0) is 45.2 Å². The number of likely N-dealkylation sites (tertiary alicyclic amines) is 1. The van der Waals surface area contributed by atoms with Gasteiger partial charge >= 0.3 is 0 Å². The second-order valence-corrected chi connectivity index (χ2v) is 6.11. The van der Waals surface area contributed by atoms with Crippen molar-refractivity contribution in [2.24, 2.45) is 5.73 Å². The van der Waals surface area contributed by atoms with Gasteiger partial charge in [0.05, 0.1) is 5.69 Å². The molecular weight excluding hydrogens is 264 g/mol. The molecule has 0 unspecified atom stereocenters. The van der Waals surface area contributed by atoms with Gasteiger partial charge < -0.3 is 16.0 Å². The van der Waals surface area contributed by atoms with E-state index in [1.54, 1.807) is 4.68 Å². The molecule has 0 spiro atoms. The molecule has 3 rings (SSSR count). The molecular formula is C15H26N6. The molecule has 3 heterocycles. The molecule has 0 saturated carbocycles. The van der Waals surface area contributed by atoms with Crippen molar-refractivity contribution >= 4 is 11.8 Å². The first-order chi connectivity index (χ1) is 10.3. The second kappa shape index (κ2) is 6.47. The minimum absolute atomic E-state index is 0.00451. The van der Waals surface area contributed by atoms with Crippen LogP contribution in [-0.4, -0.2) is 46.8 Å². The molecule has 0 radical (unpaired) electrons. The van der Waals surface area contributed by atoms with Crippen LogP contribution in [0.15, 0.2) is 0 Å². The average Bonchev–Trinajstić information content (AvgIpc) is 2.68. The molecule has 1 fully saturated rings. The third kappa shape index (κ3) is 3.20. The van der Waals surface area contributed by atoms with Crippen LogP contribution < -0.4 is 11.1 Å². The molecule has 2 aliphatic rings. The highest BCUT2D eigenvalue weighted by Crippen LogP contribution is 2.25. The maximum Gasteiger partial charge on any atom is 0.215 e. The molecule has 6 heteroatoms. The number of piperidine rings is 1. The van der Waals surface area contributed by atoms with Crippen LogP contribution in [0.25, 0.3) is 0 Å². The Morgan fingerprint density at radius 2 is 2.00 bits per heavy atom. The summed E-state index contributed by atoms with van der Waals surface area (Å²) in [5.41, 5.74) is 8.08. The van der Waals surface area contributed by atoms with E-state index in [0.29, 0.717) is 0 Å². The van der Waals surface area contributed by atoms with Crippen molar-refractivity contribution in [1.82, 2.24) is 14.7 Å². The maximum atomic E-state index is 7.72. The van der Waals surface area contributed by atoms with Gasteiger partial charge in [0, 0.05) is 25.1 Å². The number of nitrogens with zero attached hydrogens (tertiary/aromatic N) is 3. The number of anilines is 1. The van der Waals surface area contributed by atoms with Crippen molar-refractivity contribution in [3.63, 3.8) is 0 Å². The molecule has 6 nitrogen and oxygen atoms in total. The highest BCUT2D eigenvalue weighted by molar-refractivity contribution is 5.81. The van der Waals surface area contributed by atoms with Crippen molar-refractivity contribution in [2.45, 2.75) is 44.9 Å². The van der Waals surface area contributed by atoms with Crippen LogP contribution in [0.1, 0.15) is 43.4 Å². The van der Waals surface area contributed by atoms with Crippen molar-refractivity contribution in [3.05, 3.63) is 11.3 Å². The van der Waals surface area contributed by atoms with E-state index in [2.05, 4.69) is 15.3 Å². The molecule has 1 aromatic heterocycles. The highest BCUT2D eigenvalue weighted by Gasteiger charge is 2.21. The van der Waals surface area contributed by atoms with Gasteiger partial charge in [-0.3, -0.25) is 5.41 Å². The summed E-state index contributed by atoms with van der Waals surface area (Å²) in [4.78, 5) is 2.53. The zero-order valence-corrected chi connectivity index (χ0v) is 12.7. The molecule has 0 atom stereocenters. The molecule has 0 bridgehead atoms. The summed E-state index contributed by atoms with van der Waals surface area (Å²) in [5, 5.41) is 15.7. The van der Waals surface area contributed by atoms with E-state index >= 15 is 0 Å². The summed E-state index contributed by atoms with van der Waals surface area (Å²) >= 11 is 0. The minimum atomic E-state index is 0.00451. The van der Waals surface area contributed by atoms with Crippen molar-refractivity contribution in [1.29, 1.82) is 5.41 Å². The minimum Gasteiger partial charge on any atom is -0.370 e. The number of hydrogen-bond acceptors (Lipinski definition) is 4. The van der Waals surface area contributed by atoms with E-state index in [1.807, 2.05) is 0 Å². The van der Waals surface area contributed by atoms with Gasteiger partial charge in [0.1, 0.15) is 5.82 Å². The summed E-state index contributed by atoms with van der Waals surface area (Å²) < 4.78 is 1.58. The van der Waals surface area contributed by atoms with E-state index in [0.717, 1.165) is 43.9 Å². The van der Waals surface area contributed by atoms with E-state index < -0.39 is 0 Å². The van der Waals surface area contributed by atoms with Gasteiger partial charge in [-0.2, -0.15) is 9.78 Å². The molecule has 0 amide bonds. The number of nitrogen functional groups attached to an aromatic ring is 1. The summed E-state index contributed by atoms with van der Waals surface area (Å²) in [6.45, 7) is 4.45. The Hall–Kier alpha value is -1.56. The summed E-state index contributed by atoms with van der Waals surface area (Å²) in [7, 11) is 0. The fraction of sp³-hybridized carbons (Fsp3) is 0.733. The van der Waals surface area contributed by atoms with Crippen LogP contribution in [0, 0.1) is 5.41 Å². The van der Waals surface area contributed by atoms with E-state index in [4.69, 9.17) is 11.1 Å². The maximum absolute atomic E-state index is 7.72. The van der Waals surface area contributed by atoms with Gasteiger partial charge in [-0.25, -0.2) is 0 Å². The van der Waals surface area contributed by atoms with Gasteiger partial charge in [0.15, 0.2) is 0 Å². The molecule has 0 aromatic carbocycles. The Morgan fingerprint density at radius 3 is 2.76 bits per heavy atom. The van der Waals surface area contributed by atoms with Crippen LogP contribution >= 0.6 is 0 Å². The van der Waals surface area contributed by atoms with Gasteiger partial charge in [0.2, 0.25) is 5.96 Å². The Balaban J connectivity index is 1.75. The first-order valence-electron chi connectivity index (χ1n) is 8.17. The predicted molar refractivity (Wildman–Crippen MR) is 85.0 cm³/mol. The van der Waals surface area contributed by atoms with Crippen LogP contribution in [-0.2, 0) is 12.8 Å². The van der Waals surface area contributed by atoms with Crippen LogP contribution in [0.3, 0.4) is 0 Å². The fourth-order valence-corrected chi connectivity index (χ4v) is 3.40. The molecule has 4 N–H and O–H groups in total.